The normalized spacial score (nSPS) is 11.0. The molecule has 0 aliphatic rings. The molecule has 8 heteroatoms. The third kappa shape index (κ3) is 6.99. The number of H-pyrrole nitrogens is 1. The molecule has 2 N–H and O–H groups in total. The second kappa shape index (κ2) is 10.7. The van der Waals surface area contributed by atoms with E-state index in [2.05, 4.69) is 56.4 Å². The van der Waals surface area contributed by atoms with Crippen molar-refractivity contribution in [2.45, 2.75) is 18.7 Å². The Kier molecular flexibility index (Phi) is 7.77. The highest BCUT2D eigenvalue weighted by Crippen LogP contribution is 2.12. The highest BCUT2D eigenvalue weighted by molar-refractivity contribution is 7.98. The summed E-state index contributed by atoms with van der Waals surface area (Å²) < 4.78 is 0. The van der Waals surface area contributed by atoms with E-state index in [4.69, 9.17) is 0 Å². The molecule has 0 saturated carbocycles. The minimum atomic E-state index is -0.136. The van der Waals surface area contributed by atoms with Gasteiger partial charge in [0.05, 0.1) is 5.69 Å². The molecule has 0 aliphatic carbocycles. The lowest BCUT2D eigenvalue weighted by Crippen LogP contribution is -2.18. The Hall–Kier alpha value is -2.71. The van der Waals surface area contributed by atoms with E-state index >= 15 is 0 Å². The first-order chi connectivity index (χ1) is 14.1. The fourth-order valence-electron chi connectivity index (χ4n) is 2.82. The van der Waals surface area contributed by atoms with Crippen LogP contribution in [0.4, 0.5) is 5.95 Å². The van der Waals surface area contributed by atoms with Gasteiger partial charge in [-0.05, 0) is 43.9 Å². The molecular weight excluding hydrogens is 384 g/mol. The van der Waals surface area contributed by atoms with Gasteiger partial charge in [0.1, 0.15) is 0 Å². The van der Waals surface area contributed by atoms with E-state index in [0.29, 0.717) is 24.5 Å². The first-order valence-corrected chi connectivity index (χ1v) is 10.6. The summed E-state index contributed by atoms with van der Waals surface area (Å²) >= 11 is 1.80. The molecule has 0 aliphatic heterocycles. The molecule has 152 valence electrons. The van der Waals surface area contributed by atoms with Crippen LogP contribution in [-0.4, -0.2) is 51.2 Å². The number of anilines is 1. The van der Waals surface area contributed by atoms with Crippen molar-refractivity contribution in [1.82, 2.24) is 24.8 Å². The zero-order valence-corrected chi connectivity index (χ0v) is 17.6. The first kappa shape index (κ1) is 21.0. The van der Waals surface area contributed by atoms with Crippen molar-refractivity contribution < 1.29 is 0 Å². The molecule has 3 aromatic rings. The van der Waals surface area contributed by atoms with Gasteiger partial charge >= 0.3 is 0 Å². The lowest BCUT2D eigenvalue weighted by molar-refractivity contribution is 0.402. The van der Waals surface area contributed by atoms with Gasteiger partial charge in [-0.15, -0.1) is 0 Å². The van der Waals surface area contributed by atoms with Crippen molar-refractivity contribution in [2.75, 3.05) is 31.7 Å². The number of hydrogen-bond acceptors (Lipinski definition) is 7. The Labute approximate surface area is 175 Å². The molecule has 0 aromatic carbocycles. The summed E-state index contributed by atoms with van der Waals surface area (Å²) in [5.74, 6) is 2.24. The summed E-state index contributed by atoms with van der Waals surface area (Å²) in [6, 6.07) is 9.86. The lowest BCUT2D eigenvalue weighted by Gasteiger charge is -2.10. The number of pyridine rings is 2. The van der Waals surface area contributed by atoms with Gasteiger partial charge in [0.25, 0.3) is 5.56 Å². The number of thioether (sulfide) groups is 1. The molecule has 0 atom stereocenters. The largest absolute Gasteiger partial charge is 0.355 e. The van der Waals surface area contributed by atoms with Gasteiger partial charge in [0.2, 0.25) is 5.95 Å². The number of rotatable bonds is 10. The second-order valence-corrected chi connectivity index (χ2v) is 8.06. The zero-order chi connectivity index (χ0) is 20.5. The van der Waals surface area contributed by atoms with Gasteiger partial charge < -0.3 is 10.2 Å². The number of hydrogen-bond donors (Lipinski definition) is 2. The summed E-state index contributed by atoms with van der Waals surface area (Å²) in [5, 5.41) is 3.17. The van der Waals surface area contributed by atoms with E-state index in [1.165, 1.54) is 5.56 Å². The lowest BCUT2D eigenvalue weighted by atomic mass is 10.2. The van der Waals surface area contributed by atoms with Crippen LogP contribution in [0.25, 0.3) is 0 Å². The minimum Gasteiger partial charge on any atom is -0.355 e. The van der Waals surface area contributed by atoms with Gasteiger partial charge in [-0.1, -0.05) is 6.07 Å². The van der Waals surface area contributed by atoms with Crippen LogP contribution in [0.1, 0.15) is 22.5 Å². The summed E-state index contributed by atoms with van der Waals surface area (Å²) in [6.45, 7) is 1.63. The molecule has 0 bridgehead atoms. The minimum absolute atomic E-state index is 0.136. The molecule has 7 nitrogen and oxygen atoms in total. The maximum absolute atomic E-state index is 12.2. The Morgan fingerprint density at radius 3 is 2.72 bits per heavy atom. The maximum Gasteiger partial charge on any atom is 0.255 e. The molecule has 0 unspecified atom stereocenters. The van der Waals surface area contributed by atoms with Crippen molar-refractivity contribution in [1.29, 1.82) is 0 Å². The van der Waals surface area contributed by atoms with Gasteiger partial charge in [-0.3, -0.25) is 19.7 Å². The molecule has 3 aromatic heterocycles. The zero-order valence-electron chi connectivity index (χ0n) is 16.8. The number of nitrogens with zero attached hydrogens (tertiary/aromatic N) is 4. The van der Waals surface area contributed by atoms with Crippen LogP contribution in [0.3, 0.4) is 0 Å². The van der Waals surface area contributed by atoms with Gasteiger partial charge in [0, 0.05) is 60.9 Å². The van der Waals surface area contributed by atoms with Crippen LogP contribution < -0.4 is 10.9 Å². The Morgan fingerprint density at radius 1 is 1.10 bits per heavy atom. The molecule has 0 fully saturated rings. The fourth-order valence-corrected chi connectivity index (χ4v) is 3.58. The van der Waals surface area contributed by atoms with E-state index in [-0.39, 0.29) is 5.56 Å². The molecule has 0 amide bonds. The molecule has 0 spiro atoms. The van der Waals surface area contributed by atoms with Gasteiger partial charge in [-0.25, -0.2) is 4.98 Å². The van der Waals surface area contributed by atoms with E-state index in [1.807, 2.05) is 24.4 Å². The first-order valence-electron chi connectivity index (χ1n) is 9.48. The van der Waals surface area contributed by atoms with E-state index in [9.17, 15) is 4.79 Å². The highest BCUT2D eigenvalue weighted by Gasteiger charge is 2.05. The average molecular weight is 411 g/mol. The third-order valence-electron chi connectivity index (χ3n) is 4.14. The van der Waals surface area contributed by atoms with Crippen LogP contribution in [0.15, 0.2) is 53.7 Å². The third-order valence-corrected chi connectivity index (χ3v) is 5.13. The van der Waals surface area contributed by atoms with Crippen molar-refractivity contribution in [3.05, 3.63) is 81.8 Å². The number of aromatic amines is 1. The van der Waals surface area contributed by atoms with E-state index < -0.39 is 0 Å². The molecule has 3 heterocycles. The summed E-state index contributed by atoms with van der Waals surface area (Å²) in [5.41, 5.74) is 3.67. The van der Waals surface area contributed by atoms with Gasteiger partial charge in [0.15, 0.2) is 0 Å². The second-order valence-electron chi connectivity index (χ2n) is 6.96. The molecule has 3 rings (SSSR count). The molecule has 29 heavy (non-hydrogen) atoms. The predicted molar refractivity (Wildman–Crippen MR) is 118 cm³/mol. The monoisotopic (exact) mass is 410 g/mol. The van der Waals surface area contributed by atoms with Crippen molar-refractivity contribution >= 4 is 17.7 Å². The maximum atomic E-state index is 12.2. The fraction of sp³-hybridized carbons (Fsp3) is 0.333. The SMILES string of the molecule is CN(C)Cc1ccnc(CSCCNc2ncc(Cc3ccccn3)c(=O)[nH]2)c1. The average Bonchev–Trinajstić information content (AvgIpc) is 2.70. The van der Waals surface area contributed by atoms with E-state index in [1.54, 1.807) is 24.2 Å². The van der Waals surface area contributed by atoms with Gasteiger partial charge in [-0.2, -0.15) is 11.8 Å². The Morgan fingerprint density at radius 2 is 1.97 bits per heavy atom. The van der Waals surface area contributed by atoms with E-state index in [0.717, 1.165) is 29.4 Å². The molecule has 0 saturated heterocycles. The smallest absolute Gasteiger partial charge is 0.255 e. The summed E-state index contributed by atoms with van der Waals surface area (Å²) in [6.07, 6.45) is 5.68. The Bertz CT molecular complexity index is 961. The van der Waals surface area contributed by atoms with Crippen LogP contribution >= 0.6 is 11.8 Å². The van der Waals surface area contributed by atoms with Crippen LogP contribution in [0.2, 0.25) is 0 Å². The topological polar surface area (TPSA) is 86.8 Å². The molecular formula is C21H26N6OS. The predicted octanol–water partition coefficient (Wildman–Crippen LogP) is 2.56. The Balaban J connectivity index is 1.43. The molecule has 0 radical (unpaired) electrons. The highest BCUT2D eigenvalue weighted by atomic mass is 32.2. The number of nitrogens with one attached hydrogen (secondary N) is 2. The van der Waals surface area contributed by atoms with Crippen LogP contribution in [0.5, 0.6) is 0 Å². The van der Waals surface area contributed by atoms with Crippen LogP contribution in [0, 0.1) is 0 Å². The van der Waals surface area contributed by atoms with Crippen LogP contribution in [-0.2, 0) is 18.7 Å². The number of aromatic nitrogens is 4. The van der Waals surface area contributed by atoms with Crippen molar-refractivity contribution in [3.8, 4) is 0 Å². The standard InChI is InChI=1S/C21H26N6OS/c1-27(2)14-16-6-8-23-19(11-16)15-29-10-9-24-21-25-13-17(20(28)26-21)12-18-5-3-4-7-22-18/h3-8,11,13H,9-10,12,14-15H2,1-2H3,(H2,24,25,26,28). The summed E-state index contributed by atoms with van der Waals surface area (Å²) in [7, 11) is 4.12. The summed E-state index contributed by atoms with van der Waals surface area (Å²) in [4.78, 5) is 30.2. The van der Waals surface area contributed by atoms with Crippen molar-refractivity contribution in [3.63, 3.8) is 0 Å². The quantitative estimate of drug-likeness (QED) is 0.497. The van der Waals surface area contributed by atoms with Crippen molar-refractivity contribution in [2.24, 2.45) is 0 Å².